The van der Waals surface area contributed by atoms with Crippen LogP contribution in [-0.4, -0.2) is 37.0 Å². The lowest BCUT2D eigenvalue weighted by molar-refractivity contribution is -0.132. The lowest BCUT2D eigenvalue weighted by Crippen LogP contribution is -2.33. The summed E-state index contributed by atoms with van der Waals surface area (Å²) in [5.74, 6) is 0.808. The number of nitrogens with one attached hydrogen (secondary N) is 1. The number of ether oxygens (including phenoxy) is 1. The van der Waals surface area contributed by atoms with E-state index < -0.39 is 0 Å². The van der Waals surface area contributed by atoms with Crippen LogP contribution in [0.1, 0.15) is 38.3 Å². The third-order valence-electron chi connectivity index (χ3n) is 3.72. The van der Waals surface area contributed by atoms with Gasteiger partial charge in [0.05, 0.1) is 0 Å². The van der Waals surface area contributed by atoms with Gasteiger partial charge in [-0.05, 0) is 44.0 Å². The zero-order chi connectivity index (χ0) is 14.5. The summed E-state index contributed by atoms with van der Waals surface area (Å²) in [5.41, 5.74) is 1.17. The summed E-state index contributed by atoms with van der Waals surface area (Å²) in [6, 6.07) is 8.65. The van der Waals surface area contributed by atoms with Gasteiger partial charge in [0.15, 0.2) is 6.61 Å². The summed E-state index contributed by atoms with van der Waals surface area (Å²) in [6.07, 6.45) is 2.25. The van der Waals surface area contributed by atoms with Crippen LogP contribution in [0.25, 0.3) is 0 Å². The van der Waals surface area contributed by atoms with Crippen LogP contribution in [-0.2, 0) is 4.79 Å². The topological polar surface area (TPSA) is 41.6 Å². The molecule has 4 heteroatoms. The van der Waals surface area contributed by atoms with Crippen molar-refractivity contribution in [1.82, 2.24) is 10.2 Å². The van der Waals surface area contributed by atoms with E-state index in [4.69, 9.17) is 4.74 Å². The predicted molar refractivity (Wildman–Crippen MR) is 79.8 cm³/mol. The maximum Gasteiger partial charge on any atom is 0.260 e. The van der Waals surface area contributed by atoms with Gasteiger partial charge in [0.2, 0.25) is 0 Å². The van der Waals surface area contributed by atoms with Crippen molar-refractivity contribution in [2.24, 2.45) is 0 Å². The molecule has 0 radical (unpaired) electrons. The second-order valence-electron chi connectivity index (χ2n) is 5.38. The summed E-state index contributed by atoms with van der Waals surface area (Å²) in [4.78, 5) is 13.7. The number of hydrogen-bond donors (Lipinski definition) is 1. The maximum atomic E-state index is 11.9. The average molecular weight is 276 g/mol. The predicted octanol–water partition coefficient (Wildman–Crippen LogP) is 2.36. The fourth-order valence-electron chi connectivity index (χ4n) is 2.21. The third-order valence-corrected chi connectivity index (χ3v) is 3.72. The smallest absolute Gasteiger partial charge is 0.260 e. The molecule has 1 aromatic rings. The number of nitrogens with zero attached hydrogens (tertiary/aromatic N) is 1. The molecule has 2 rings (SSSR count). The standard InChI is InChI=1S/C16H24N2O2/c1-4-17-12(2)13-6-5-7-15(10-13)20-11-16(19)18(3)14-8-9-14/h5-7,10,12,14,17H,4,8-9,11H2,1-3H3. The normalized spacial score (nSPS) is 15.8. The van der Waals surface area contributed by atoms with Gasteiger partial charge in [-0.15, -0.1) is 0 Å². The molecule has 0 saturated heterocycles. The molecule has 1 aliphatic carbocycles. The van der Waals surface area contributed by atoms with Crippen molar-refractivity contribution in [2.45, 2.75) is 38.8 Å². The molecule has 1 N–H and O–H groups in total. The van der Waals surface area contributed by atoms with Gasteiger partial charge in [-0.1, -0.05) is 19.1 Å². The average Bonchev–Trinajstić information content (AvgIpc) is 3.29. The Kier molecular flexibility index (Phi) is 5.01. The molecule has 4 nitrogen and oxygen atoms in total. The van der Waals surface area contributed by atoms with Gasteiger partial charge in [-0.3, -0.25) is 4.79 Å². The molecule has 110 valence electrons. The first-order valence-corrected chi connectivity index (χ1v) is 7.33. The van der Waals surface area contributed by atoms with Crippen molar-refractivity contribution in [2.75, 3.05) is 20.2 Å². The molecule has 1 atom stereocenters. The number of hydrogen-bond acceptors (Lipinski definition) is 3. The van der Waals surface area contributed by atoms with Gasteiger partial charge >= 0.3 is 0 Å². The van der Waals surface area contributed by atoms with Gasteiger partial charge in [-0.25, -0.2) is 0 Å². The summed E-state index contributed by atoms with van der Waals surface area (Å²) in [6.45, 7) is 5.25. The van der Waals surface area contributed by atoms with Crippen molar-refractivity contribution in [3.05, 3.63) is 29.8 Å². The molecular weight excluding hydrogens is 252 g/mol. The second kappa shape index (κ2) is 6.75. The lowest BCUT2D eigenvalue weighted by atomic mass is 10.1. The number of likely N-dealkylation sites (N-methyl/N-ethyl adjacent to an activating group) is 1. The lowest BCUT2D eigenvalue weighted by Gasteiger charge is -2.17. The molecule has 1 saturated carbocycles. The molecular formula is C16H24N2O2. The Morgan fingerprint density at radius 2 is 2.25 bits per heavy atom. The van der Waals surface area contributed by atoms with E-state index in [0.717, 1.165) is 25.1 Å². The van der Waals surface area contributed by atoms with E-state index in [9.17, 15) is 4.79 Å². The molecule has 20 heavy (non-hydrogen) atoms. The molecule has 0 spiro atoms. The zero-order valence-electron chi connectivity index (χ0n) is 12.6. The van der Waals surface area contributed by atoms with Crippen LogP contribution in [0.5, 0.6) is 5.75 Å². The van der Waals surface area contributed by atoms with Crippen molar-refractivity contribution < 1.29 is 9.53 Å². The van der Waals surface area contributed by atoms with Crippen LogP contribution < -0.4 is 10.1 Å². The quantitative estimate of drug-likeness (QED) is 0.831. The fourth-order valence-corrected chi connectivity index (χ4v) is 2.21. The van der Waals surface area contributed by atoms with Gasteiger partial charge in [-0.2, -0.15) is 0 Å². The largest absolute Gasteiger partial charge is 0.484 e. The van der Waals surface area contributed by atoms with Gasteiger partial charge in [0.25, 0.3) is 5.91 Å². The molecule has 0 heterocycles. The number of amides is 1. The van der Waals surface area contributed by atoms with Gasteiger partial charge in [0, 0.05) is 19.1 Å². The van der Waals surface area contributed by atoms with Gasteiger partial charge < -0.3 is 15.0 Å². The molecule has 1 aliphatic rings. The van der Waals surface area contributed by atoms with E-state index in [1.165, 1.54) is 5.56 Å². The zero-order valence-corrected chi connectivity index (χ0v) is 12.6. The van der Waals surface area contributed by atoms with E-state index >= 15 is 0 Å². The fraction of sp³-hybridized carbons (Fsp3) is 0.562. The van der Waals surface area contributed by atoms with Crippen LogP contribution >= 0.6 is 0 Å². The SMILES string of the molecule is CCNC(C)c1cccc(OCC(=O)N(C)C2CC2)c1. The Morgan fingerprint density at radius 3 is 2.90 bits per heavy atom. The summed E-state index contributed by atoms with van der Waals surface area (Å²) in [5, 5.41) is 3.36. The van der Waals surface area contributed by atoms with Crippen molar-refractivity contribution in [3.8, 4) is 5.75 Å². The first-order chi connectivity index (χ1) is 9.61. The van der Waals surface area contributed by atoms with Crippen molar-refractivity contribution in [3.63, 3.8) is 0 Å². The molecule has 1 fully saturated rings. The van der Waals surface area contributed by atoms with Crippen molar-refractivity contribution in [1.29, 1.82) is 0 Å². The van der Waals surface area contributed by atoms with Crippen LogP contribution in [0.15, 0.2) is 24.3 Å². The molecule has 0 aliphatic heterocycles. The number of benzene rings is 1. The second-order valence-corrected chi connectivity index (χ2v) is 5.38. The highest BCUT2D eigenvalue weighted by Gasteiger charge is 2.29. The minimum atomic E-state index is 0.0534. The highest BCUT2D eigenvalue weighted by molar-refractivity contribution is 5.78. The van der Waals surface area contributed by atoms with Crippen LogP contribution in [0.2, 0.25) is 0 Å². The molecule has 1 unspecified atom stereocenters. The van der Waals surface area contributed by atoms with E-state index in [-0.39, 0.29) is 18.6 Å². The summed E-state index contributed by atoms with van der Waals surface area (Å²) in [7, 11) is 1.85. The Balaban J connectivity index is 1.89. The third kappa shape index (κ3) is 3.97. The highest BCUT2D eigenvalue weighted by atomic mass is 16.5. The van der Waals surface area contributed by atoms with E-state index in [2.05, 4.69) is 25.2 Å². The first kappa shape index (κ1) is 14.9. The molecule has 0 bridgehead atoms. The Morgan fingerprint density at radius 1 is 1.50 bits per heavy atom. The molecule has 0 aromatic heterocycles. The summed E-state index contributed by atoms with van der Waals surface area (Å²) >= 11 is 0. The first-order valence-electron chi connectivity index (χ1n) is 7.33. The van der Waals surface area contributed by atoms with Crippen LogP contribution in [0.4, 0.5) is 0 Å². The van der Waals surface area contributed by atoms with E-state index in [0.29, 0.717) is 6.04 Å². The highest BCUT2D eigenvalue weighted by Crippen LogP contribution is 2.25. The number of rotatable bonds is 7. The van der Waals surface area contributed by atoms with Crippen molar-refractivity contribution >= 4 is 5.91 Å². The van der Waals surface area contributed by atoms with Gasteiger partial charge in [0.1, 0.15) is 5.75 Å². The minimum Gasteiger partial charge on any atom is -0.484 e. The Hall–Kier alpha value is -1.55. The van der Waals surface area contributed by atoms with Crippen LogP contribution in [0, 0.1) is 0 Å². The molecule has 1 amide bonds. The van der Waals surface area contributed by atoms with E-state index in [1.807, 2.05) is 25.2 Å². The Labute approximate surface area is 121 Å². The molecule has 1 aromatic carbocycles. The van der Waals surface area contributed by atoms with E-state index in [1.54, 1.807) is 4.90 Å². The van der Waals surface area contributed by atoms with Crippen LogP contribution in [0.3, 0.4) is 0 Å². The maximum absolute atomic E-state index is 11.9. The number of carbonyl (C=O) groups excluding carboxylic acids is 1. The minimum absolute atomic E-state index is 0.0534. The Bertz CT molecular complexity index is 458. The monoisotopic (exact) mass is 276 g/mol. The number of carbonyl (C=O) groups is 1. The summed E-state index contributed by atoms with van der Waals surface area (Å²) < 4.78 is 5.62.